The van der Waals surface area contributed by atoms with E-state index in [0.29, 0.717) is 25.8 Å². The van der Waals surface area contributed by atoms with Crippen LogP contribution >= 0.6 is 11.3 Å². The van der Waals surface area contributed by atoms with E-state index in [1.54, 1.807) is 12.1 Å². The van der Waals surface area contributed by atoms with Crippen LogP contribution in [0.3, 0.4) is 0 Å². The Morgan fingerprint density at radius 3 is 2.63 bits per heavy atom. The molecule has 1 aliphatic rings. The van der Waals surface area contributed by atoms with Crippen molar-refractivity contribution in [2.75, 3.05) is 12.3 Å². The number of carbonyl (C=O) groups is 2. The van der Waals surface area contributed by atoms with Gasteiger partial charge in [0.1, 0.15) is 5.82 Å². The van der Waals surface area contributed by atoms with Gasteiger partial charge in [-0.15, -0.1) is 11.3 Å². The summed E-state index contributed by atoms with van der Waals surface area (Å²) in [6, 6.07) is 15.1. The van der Waals surface area contributed by atoms with Crippen LogP contribution in [-0.2, 0) is 22.6 Å². The third kappa shape index (κ3) is 5.87. The first-order valence-corrected chi connectivity index (χ1v) is 12.3. The summed E-state index contributed by atoms with van der Waals surface area (Å²) in [6.07, 6.45) is -1.77. The van der Waals surface area contributed by atoms with Gasteiger partial charge >= 0.3 is 0 Å². The molecule has 9 heteroatoms. The molecule has 1 aliphatic heterocycles. The highest BCUT2D eigenvalue weighted by Gasteiger charge is 2.38. The number of likely N-dealkylation sites (tertiary alicyclic amines) is 1. The number of amides is 2. The Bertz CT molecular complexity index is 1180. The molecule has 35 heavy (non-hydrogen) atoms. The minimum absolute atomic E-state index is 0.160. The molecule has 2 aromatic carbocycles. The molecule has 1 saturated heterocycles. The fourth-order valence-electron chi connectivity index (χ4n) is 4.32. The van der Waals surface area contributed by atoms with Crippen molar-refractivity contribution in [3.63, 3.8) is 0 Å². The van der Waals surface area contributed by atoms with Gasteiger partial charge in [-0.2, -0.15) is 0 Å². The largest absolute Gasteiger partial charge is 0.398 e. The zero-order valence-electron chi connectivity index (χ0n) is 19.1. The summed E-state index contributed by atoms with van der Waals surface area (Å²) in [5.74, 6) is -1.93. The molecule has 2 amide bonds. The first-order chi connectivity index (χ1) is 16.8. The standard InChI is InChI=1S/C26H28FN3O4S/c27-19-9-7-17(8-10-19)22-6-3-11-30(22)26(34)24(32)23(31)25(33)29-14-20-13-16(15-35-20)12-18-4-1-2-5-21(18)28/h1-2,4-5,7-10,13,15,22-24,31-32H,3,6,11-12,14,28H2,(H,29,33)/t22?,23-,24-/m1/s1. The molecule has 3 aromatic rings. The van der Waals surface area contributed by atoms with Crippen LogP contribution in [0.5, 0.6) is 0 Å². The van der Waals surface area contributed by atoms with Gasteiger partial charge in [0.25, 0.3) is 11.8 Å². The molecule has 0 bridgehead atoms. The van der Waals surface area contributed by atoms with Crippen LogP contribution in [0.4, 0.5) is 10.1 Å². The third-order valence-electron chi connectivity index (χ3n) is 6.21. The SMILES string of the molecule is Nc1ccccc1Cc1csc(CNC(=O)[C@H](O)[C@@H](O)C(=O)N2CCCC2c2ccc(F)cc2)c1. The number of nitrogens with two attached hydrogens (primary N) is 1. The topological polar surface area (TPSA) is 116 Å². The van der Waals surface area contributed by atoms with Crippen molar-refractivity contribution < 1.29 is 24.2 Å². The van der Waals surface area contributed by atoms with E-state index in [-0.39, 0.29) is 18.4 Å². The number of hydrogen-bond donors (Lipinski definition) is 4. The van der Waals surface area contributed by atoms with Crippen LogP contribution in [-0.4, -0.2) is 45.7 Å². The second-order valence-corrected chi connectivity index (χ2v) is 9.64. The van der Waals surface area contributed by atoms with E-state index < -0.39 is 24.0 Å². The molecule has 184 valence electrons. The molecule has 3 atom stereocenters. The molecule has 7 nitrogen and oxygen atoms in total. The molecule has 5 N–H and O–H groups in total. The molecule has 1 fully saturated rings. The van der Waals surface area contributed by atoms with E-state index in [1.165, 1.54) is 28.4 Å². The number of halogens is 1. The zero-order valence-corrected chi connectivity index (χ0v) is 19.9. The number of nitrogens with one attached hydrogen (secondary N) is 1. The fourth-order valence-corrected chi connectivity index (χ4v) is 5.14. The molecule has 0 spiro atoms. The second kappa shape index (κ2) is 11.0. The highest BCUT2D eigenvalue weighted by molar-refractivity contribution is 7.10. The van der Waals surface area contributed by atoms with Gasteiger partial charge in [-0.25, -0.2) is 4.39 Å². The van der Waals surface area contributed by atoms with Gasteiger partial charge in [0, 0.05) is 23.5 Å². The second-order valence-electron chi connectivity index (χ2n) is 8.65. The van der Waals surface area contributed by atoms with Crippen LogP contribution in [0, 0.1) is 5.82 Å². The highest BCUT2D eigenvalue weighted by Crippen LogP contribution is 2.32. The minimum atomic E-state index is -1.90. The quantitative estimate of drug-likeness (QED) is 0.357. The molecule has 2 heterocycles. The van der Waals surface area contributed by atoms with Crippen molar-refractivity contribution in [2.24, 2.45) is 0 Å². The van der Waals surface area contributed by atoms with Gasteiger partial charge < -0.3 is 26.2 Å². The Morgan fingerprint density at radius 1 is 1.14 bits per heavy atom. The summed E-state index contributed by atoms with van der Waals surface area (Å²) in [6.45, 7) is 0.545. The predicted octanol–water partition coefficient (Wildman–Crippen LogP) is 2.76. The minimum Gasteiger partial charge on any atom is -0.398 e. The number of para-hydroxylation sites is 1. The van der Waals surface area contributed by atoms with Gasteiger partial charge in [-0.1, -0.05) is 30.3 Å². The van der Waals surface area contributed by atoms with Crippen LogP contribution in [0.15, 0.2) is 60.0 Å². The third-order valence-corrected chi connectivity index (χ3v) is 7.19. The van der Waals surface area contributed by atoms with Gasteiger partial charge in [0.2, 0.25) is 0 Å². The number of nitrogens with zero attached hydrogens (tertiary/aromatic N) is 1. The van der Waals surface area contributed by atoms with Gasteiger partial charge in [0.15, 0.2) is 12.2 Å². The number of benzene rings is 2. The maximum Gasteiger partial charge on any atom is 0.255 e. The van der Waals surface area contributed by atoms with Crippen molar-refractivity contribution in [3.8, 4) is 0 Å². The Balaban J connectivity index is 1.32. The molecule has 4 rings (SSSR count). The lowest BCUT2D eigenvalue weighted by molar-refractivity contribution is -0.153. The molecule has 1 unspecified atom stereocenters. The maximum atomic E-state index is 13.3. The number of anilines is 1. The number of aliphatic hydroxyl groups is 2. The number of nitrogen functional groups attached to an aromatic ring is 1. The van der Waals surface area contributed by atoms with E-state index in [2.05, 4.69) is 5.32 Å². The summed E-state index contributed by atoms with van der Waals surface area (Å²) in [5, 5.41) is 25.4. The van der Waals surface area contributed by atoms with E-state index in [9.17, 15) is 24.2 Å². The monoisotopic (exact) mass is 497 g/mol. The fraction of sp³-hybridized carbons (Fsp3) is 0.308. The normalized spacial score (nSPS) is 17.2. The molecular formula is C26H28FN3O4S. The van der Waals surface area contributed by atoms with Crippen molar-refractivity contribution >= 4 is 28.8 Å². The number of hydrogen-bond acceptors (Lipinski definition) is 6. The summed E-state index contributed by atoms with van der Waals surface area (Å²) < 4.78 is 13.3. The van der Waals surface area contributed by atoms with E-state index in [1.807, 2.05) is 35.7 Å². The van der Waals surface area contributed by atoms with Crippen molar-refractivity contribution in [1.82, 2.24) is 10.2 Å². The van der Waals surface area contributed by atoms with Gasteiger partial charge in [-0.3, -0.25) is 9.59 Å². The number of rotatable bonds is 8. The molecule has 0 saturated carbocycles. The Labute approximate surface area is 207 Å². The average molecular weight is 498 g/mol. The van der Waals surface area contributed by atoms with Crippen molar-refractivity contribution in [3.05, 3.63) is 87.4 Å². The van der Waals surface area contributed by atoms with Gasteiger partial charge in [-0.05, 0) is 59.2 Å². The molecule has 0 aliphatic carbocycles. The lowest BCUT2D eigenvalue weighted by Crippen LogP contribution is -2.50. The average Bonchev–Trinajstić information content (AvgIpc) is 3.53. The molecule has 0 radical (unpaired) electrons. The summed E-state index contributed by atoms with van der Waals surface area (Å²) in [7, 11) is 0. The lowest BCUT2D eigenvalue weighted by atomic mass is 10.0. The maximum absolute atomic E-state index is 13.3. The first kappa shape index (κ1) is 24.8. The number of aliphatic hydroxyl groups excluding tert-OH is 2. The van der Waals surface area contributed by atoms with E-state index in [0.717, 1.165) is 27.3 Å². The molecular weight excluding hydrogens is 469 g/mol. The van der Waals surface area contributed by atoms with E-state index >= 15 is 0 Å². The lowest BCUT2D eigenvalue weighted by Gasteiger charge is -2.28. The van der Waals surface area contributed by atoms with E-state index in [4.69, 9.17) is 5.73 Å². The van der Waals surface area contributed by atoms with Crippen LogP contribution in [0.1, 0.15) is 40.5 Å². The number of thiophene rings is 1. The summed E-state index contributed by atoms with van der Waals surface area (Å²) in [5.41, 5.74) is 9.53. The zero-order chi connectivity index (χ0) is 24.9. The van der Waals surface area contributed by atoms with Crippen LogP contribution in [0.25, 0.3) is 0 Å². The number of carbonyl (C=O) groups excluding carboxylic acids is 2. The first-order valence-electron chi connectivity index (χ1n) is 11.4. The molecule has 1 aromatic heterocycles. The van der Waals surface area contributed by atoms with Crippen LogP contribution in [0.2, 0.25) is 0 Å². The highest BCUT2D eigenvalue weighted by atomic mass is 32.1. The summed E-state index contributed by atoms with van der Waals surface area (Å²) in [4.78, 5) is 27.6. The Kier molecular flexibility index (Phi) is 7.80. The smallest absolute Gasteiger partial charge is 0.255 e. The predicted molar refractivity (Wildman–Crippen MR) is 132 cm³/mol. The Morgan fingerprint density at radius 2 is 1.89 bits per heavy atom. The van der Waals surface area contributed by atoms with Crippen molar-refractivity contribution in [1.29, 1.82) is 0 Å². The van der Waals surface area contributed by atoms with Gasteiger partial charge in [0.05, 0.1) is 12.6 Å². The van der Waals surface area contributed by atoms with Crippen LogP contribution < -0.4 is 11.1 Å². The Hall–Kier alpha value is -3.27. The summed E-state index contributed by atoms with van der Waals surface area (Å²) >= 11 is 1.46. The van der Waals surface area contributed by atoms with Crippen molar-refractivity contribution in [2.45, 2.75) is 44.1 Å².